The van der Waals surface area contributed by atoms with Gasteiger partial charge in [0.25, 0.3) is 0 Å². The summed E-state index contributed by atoms with van der Waals surface area (Å²) in [6.07, 6.45) is 4.33. The van der Waals surface area contributed by atoms with E-state index in [2.05, 4.69) is 35.9 Å². The monoisotopic (exact) mass is 453 g/mol. The number of carbonyl (C=O) groups is 1. The fourth-order valence-corrected chi connectivity index (χ4v) is 5.92. The highest BCUT2D eigenvalue weighted by molar-refractivity contribution is 7.89. The van der Waals surface area contributed by atoms with E-state index in [4.69, 9.17) is 0 Å². The molecule has 0 aliphatic carbocycles. The lowest BCUT2D eigenvalue weighted by Crippen LogP contribution is -2.45. The highest BCUT2D eigenvalue weighted by Crippen LogP contribution is 2.27. The van der Waals surface area contributed by atoms with Gasteiger partial charge in [0.1, 0.15) is 0 Å². The van der Waals surface area contributed by atoms with E-state index in [-0.39, 0.29) is 23.3 Å². The van der Waals surface area contributed by atoms with E-state index in [1.54, 1.807) is 12.1 Å². The first-order valence-electron chi connectivity index (χ1n) is 11.4. The van der Waals surface area contributed by atoms with Gasteiger partial charge in [0.2, 0.25) is 15.9 Å². The Labute approximate surface area is 190 Å². The Morgan fingerprint density at radius 2 is 1.81 bits per heavy atom. The van der Waals surface area contributed by atoms with Gasteiger partial charge in [-0.25, -0.2) is 8.42 Å². The topological polar surface area (TPSA) is 71.4 Å². The largest absolute Gasteiger partial charge is 0.352 e. The van der Waals surface area contributed by atoms with Crippen molar-refractivity contribution in [3.63, 3.8) is 0 Å². The zero-order valence-electron chi connectivity index (χ0n) is 18.8. The molecule has 2 heterocycles. The molecule has 0 radical (unpaired) electrons. The van der Waals surface area contributed by atoms with Crippen LogP contribution in [0.25, 0.3) is 10.9 Å². The molecular weight excluding hydrogens is 422 g/mol. The molecule has 1 atom stereocenters. The number of rotatable bonds is 7. The summed E-state index contributed by atoms with van der Waals surface area (Å²) in [4.78, 5) is 13.1. The second-order valence-electron chi connectivity index (χ2n) is 8.41. The van der Waals surface area contributed by atoms with E-state index in [1.807, 2.05) is 30.5 Å². The van der Waals surface area contributed by atoms with Gasteiger partial charge in [-0.05, 0) is 61.6 Å². The summed E-state index contributed by atoms with van der Waals surface area (Å²) < 4.78 is 30.2. The van der Waals surface area contributed by atoms with E-state index < -0.39 is 10.0 Å². The highest BCUT2D eigenvalue weighted by Gasteiger charge is 2.33. The maximum atomic E-state index is 13.3. The molecule has 0 spiro atoms. The quantitative estimate of drug-likeness (QED) is 0.589. The van der Waals surface area contributed by atoms with E-state index in [9.17, 15) is 13.2 Å². The first-order chi connectivity index (χ1) is 15.4. The van der Waals surface area contributed by atoms with Crippen LogP contribution < -0.4 is 5.32 Å². The van der Waals surface area contributed by atoms with Gasteiger partial charge in [-0.15, -0.1) is 0 Å². The molecule has 1 fully saturated rings. The Balaban J connectivity index is 1.43. The van der Waals surface area contributed by atoms with Gasteiger partial charge in [0.05, 0.1) is 10.8 Å². The Morgan fingerprint density at radius 1 is 1.06 bits per heavy atom. The minimum absolute atomic E-state index is 0.0834. The van der Waals surface area contributed by atoms with Crippen molar-refractivity contribution in [3.8, 4) is 0 Å². The minimum atomic E-state index is -3.65. The zero-order valence-corrected chi connectivity index (χ0v) is 19.6. The fraction of sp³-hybridized carbons (Fsp3) is 0.400. The average Bonchev–Trinajstić information content (AvgIpc) is 3.25. The van der Waals surface area contributed by atoms with Crippen molar-refractivity contribution in [2.45, 2.75) is 51.1 Å². The molecular formula is C25H31N3O3S. The maximum Gasteiger partial charge on any atom is 0.243 e. The smallest absolute Gasteiger partial charge is 0.243 e. The summed E-state index contributed by atoms with van der Waals surface area (Å²) in [6, 6.07) is 15.4. The van der Waals surface area contributed by atoms with E-state index in [0.29, 0.717) is 25.9 Å². The maximum absolute atomic E-state index is 13.3. The van der Waals surface area contributed by atoms with Crippen LogP contribution in [-0.2, 0) is 34.3 Å². The predicted octanol–water partition coefficient (Wildman–Crippen LogP) is 3.94. The van der Waals surface area contributed by atoms with Gasteiger partial charge < -0.3 is 9.88 Å². The molecule has 2 aromatic carbocycles. The Bertz CT molecular complexity index is 1200. The van der Waals surface area contributed by atoms with Crippen molar-refractivity contribution in [2.75, 3.05) is 13.1 Å². The predicted molar refractivity (Wildman–Crippen MR) is 127 cm³/mol. The minimum Gasteiger partial charge on any atom is -0.352 e. The second-order valence-corrected chi connectivity index (χ2v) is 10.4. The number of aryl methyl sites for hydroxylation is 2. The molecule has 1 aliphatic heterocycles. The number of fused-ring (bicyclic) bond motifs is 1. The molecule has 3 aromatic rings. The molecule has 1 amide bonds. The van der Waals surface area contributed by atoms with Crippen molar-refractivity contribution in [3.05, 3.63) is 65.9 Å². The molecule has 1 N–H and O–H groups in total. The summed E-state index contributed by atoms with van der Waals surface area (Å²) in [6.45, 7) is 6.12. The molecule has 1 aliphatic rings. The summed E-state index contributed by atoms with van der Waals surface area (Å²) in [5.74, 6) is -0.418. The summed E-state index contributed by atoms with van der Waals surface area (Å²) in [5.41, 5.74) is 3.33. The molecule has 1 aromatic heterocycles. The molecule has 32 heavy (non-hydrogen) atoms. The summed E-state index contributed by atoms with van der Waals surface area (Å²) >= 11 is 0. The number of hydrogen-bond donors (Lipinski definition) is 1. The zero-order chi connectivity index (χ0) is 22.7. The molecule has 6 nitrogen and oxygen atoms in total. The number of nitrogens with zero attached hydrogens (tertiary/aromatic N) is 2. The molecule has 7 heteroatoms. The van der Waals surface area contributed by atoms with Gasteiger partial charge in [0, 0.05) is 43.3 Å². The SMILES string of the molecule is CCc1ccc(CNC(=O)C2CCCN(S(=O)(=O)c3ccc4c(ccn4CC)c3)C2)cc1. The van der Waals surface area contributed by atoms with Gasteiger partial charge >= 0.3 is 0 Å². The van der Waals surface area contributed by atoms with Crippen LogP contribution in [0.1, 0.15) is 37.8 Å². The average molecular weight is 454 g/mol. The molecule has 1 saturated heterocycles. The number of benzene rings is 2. The third kappa shape index (κ3) is 4.59. The first-order valence-corrected chi connectivity index (χ1v) is 12.8. The van der Waals surface area contributed by atoms with Crippen LogP contribution in [0, 0.1) is 5.92 Å². The van der Waals surface area contributed by atoms with Gasteiger partial charge in [-0.3, -0.25) is 4.79 Å². The van der Waals surface area contributed by atoms with Gasteiger partial charge in [-0.2, -0.15) is 4.31 Å². The van der Waals surface area contributed by atoms with Crippen molar-refractivity contribution in [2.24, 2.45) is 5.92 Å². The van der Waals surface area contributed by atoms with Crippen LogP contribution in [0.2, 0.25) is 0 Å². The number of nitrogens with one attached hydrogen (secondary N) is 1. The van der Waals surface area contributed by atoms with Crippen molar-refractivity contribution >= 4 is 26.8 Å². The van der Waals surface area contributed by atoms with Crippen LogP contribution in [-0.4, -0.2) is 36.3 Å². The molecule has 0 saturated carbocycles. The number of sulfonamides is 1. The van der Waals surface area contributed by atoms with Crippen LogP contribution in [0.5, 0.6) is 0 Å². The molecule has 1 unspecified atom stereocenters. The molecule has 4 rings (SSSR count). The third-order valence-corrected chi connectivity index (χ3v) is 8.23. The van der Waals surface area contributed by atoms with Crippen LogP contribution in [0.15, 0.2) is 59.6 Å². The van der Waals surface area contributed by atoms with Crippen LogP contribution in [0.3, 0.4) is 0 Å². The van der Waals surface area contributed by atoms with E-state index in [1.165, 1.54) is 9.87 Å². The molecule has 170 valence electrons. The number of aromatic nitrogens is 1. The fourth-order valence-electron chi connectivity index (χ4n) is 4.36. The van der Waals surface area contributed by atoms with E-state index in [0.717, 1.165) is 29.4 Å². The Kier molecular flexibility index (Phi) is 6.67. The third-order valence-electron chi connectivity index (χ3n) is 6.37. The Hall–Kier alpha value is -2.64. The second kappa shape index (κ2) is 9.46. The standard InChI is InChI=1S/C25H31N3O3S/c1-3-19-7-9-20(10-8-19)17-26-25(29)22-6-5-14-28(18-22)32(30,31)23-11-12-24-21(16-23)13-15-27(24)4-2/h7-13,15-16,22H,3-6,14,17-18H2,1-2H3,(H,26,29). The number of carbonyl (C=O) groups excluding carboxylic acids is 1. The van der Waals surface area contributed by atoms with Crippen LogP contribution >= 0.6 is 0 Å². The van der Waals surface area contributed by atoms with E-state index >= 15 is 0 Å². The number of amides is 1. The lowest BCUT2D eigenvalue weighted by molar-refractivity contribution is -0.126. The lowest BCUT2D eigenvalue weighted by Gasteiger charge is -2.31. The number of hydrogen-bond acceptors (Lipinski definition) is 3. The normalized spacial score (nSPS) is 17.5. The van der Waals surface area contributed by atoms with Gasteiger partial charge in [-0.1, -0.05) is 31.2 Å². The molecule has 0 bridgehead atoms. The van der Waals surface area contributed by atoms with Crippen molar-refractivity contribution in [1.29, 1.82) is 0 Å². The highest BCUT2D eigenvalue weighted by atomic mass is 32.2. The Morgan fingerprint density at radius 3 is 2.53 bits per heavy atom. The van der Waals surface area contributed by atoms with Crippen LogP contribution in [0.4, 0.5) is 0 Å². The lowest BCUT2D eigenvalue weighted by atomic mass is 9.98. The summed E-state index contributed by atoms with van der Waals surface area (Å²) in [5, 5.41) is 3.90. The first kappa shape index (κ1) is 22.6. The number of piperidine rings is 1. The van der Waals surface area contributed by atoms with Crippen molar-refractivity contribution < 1.29 is 13.2 Å². The van der Waals surface area contributed by atoms with Gasteiger partial charge in [0.15, 0.2) is 0 Å². The van der Waals surface area contributed by atoms with Crippen molar-refractivity contribution in [1.82, 2.24) is 14.2 Å². The summed E-state index contributed by atoms with van der Waals surface area (Å²) in [7, 11) is -3.65.